The van der Waals surface area contributed by atoms with Gasteiger partial charge in [-0.25, -0.2) is 9.78 Å². The van der Waals surface area contributed by atoms with Crippen LogP contribution in [0.3, 0.4) is 0 Å². The average Bonchev–Trinajstić information content (AvgIpc) is 3.30. The SMILES string of the molecule is COc1ccc(COc2cc(N3CCC4(CC3)CO[C@@H](C)[C@H]4NC(=O)OC(C)(C)C)c(C(C)=O)nc2-c2cccc(Cl)c2Cl)cc1. The van der Waals surface area contributed by atoms with Crippen LogP contribution in [0.4, 0.5) is 10.5 Å². The number of methoxy groups -OCH3 is 1. The summed E-state index contributed by atoms with van der Waals surface area (Å²) in [5, 5.41) is 3.79. The van der Waals surface area contributed by atoms with Gasteiger partial charge < -0.3 is 29.2 Å². The number of pyridine rings is 1. The molecule has 1 aromatic heterocycles. The molecule has 0 bridgehead atoms. The maximum Gasteiger partial charge on any atom is 0.407 e. The summed E-state index contributed by atoms with van der Waals surface area (Å²) in [4.78, 5) is 32.9. The van der Waals surface area contributed by atoms with Crippen molar-refractivity contribution < 1.29 is 28.5 Å². The molecule has 46 heavy (non-hydrogen) atoms. The number of rotatable bonds is 8. The van der Waals surface area contributed by atoms with Crippen LogP contribution >= 0.6 is 23.2 Å². The molecule has 2 aliphatic rings. The highest BCUT2D eigenvalue weighted by atomic mass is 35.5. The van der Waals surface area contributed by atoms with E-state index in [9.17, 15) is 9.59 Å². The zero-order chi connectivity index (χ0) is 33.2. The lowest BCUT2D eigenvalue weighted by atomic mass is 9.73. The van der Waals surface area contributed by atoms with Crippen LogP contribution < -0.4 is 19.7 Å². The molecule has 0 saturated carbocycles. The smallest absolute Gasteiger partial charge is 0.407 e. The van der Waals surface area contributed by atoms with Crippen molar-refractivity contribution >= 4 is 40.8 Å². The van der Waals surface area contributed by atoms with E-state index in [1.165, 1.54) is 6.92 Å². The number of carbonyl (C=O) groups excluding carboxylic acids is 2. The number of hydrogen-bond acceptors (Lipinski definition) is 8. The van der Waals surface area contributed by atoms with Crippen molar-refractivity contribution in [2.45, 2.75) is 71.8 Å². The summed E-state index contributed by atoms with van der Waals surface area (Å²) in [5.41, 5.74) is 2.06. The Balaban J connectivity index is 1.45. The van der Waals surface area contributed by atoms with Crippen LogP contribution in [0.5, 0.6) is 11.5 Å². The highest BCUT2D eigenvalue weighted by Crippen LogP contribution is 2.45. The topological polar surface area (TPSA) is 99.2 Å². The summed E-state index contributed by atoms with van der Waals surface area (Å²) in [6.07, 6.45) is 0.861. The molecule has 2 aromatic carbocycles. The number of nitrogens with one attached hydrogen (secondary N) is 1. The minimum atomic E-state index is -0.603. The van der Waals surface area contributed by atoms with Gasteiger partial charge in [0, 0.05) is 37.1 Å². The number of ether oxygens (including phenoxy) is 4. The van der Waals surface area contributed by atoms with Gasteiger partial charge in [0.1, 0.15) is 35.1 Å². The standard InChI is InChI=1S/C35H41Cl2N3O6/c1-21(41)30-27(40-16-14-35(15-17-40)20-45-22(2)32(35)39-33(42)46-34(3,4)5)18-28(44-19-23-10-12-24(43-6)13-11-23)31(38-30)25-8-7-9-26(36)29(25)37/h7-13,18,22,32H,14-17,19-20H2,1-6H3,(H,39,42)/t22-,32+/m0/s1. The van der Waals surface area contributed by atoms with Gasteiger partial charge in [0.05, 0.1) is 41.6 Å². The van der Waals surface area contributed by atoms with Crippen LogP contribution in [0.2, 0.25) is 10.0 Å². The molecule has 2 fully saturated rings. The molecule has 9 nitrogen and oxygen atoms in total. The molecule has 2 saturated heterocycles. The van der Waals surface area contributed by atoms with E-state index in [1.807, 2.05) is 64.1 Å². The molecule has 11 heteroatoms. The summed E-state index contributed by atoms with van der Waals surface area (Å²) in [7, 11) is 1.62. The van der Waals surface area contributed by atoms with Crippen molar-refractivity contribution in [1.29, 1.82) is 0 Å². The van der Waals surface area contributed by atoms with E-state index in [2.05, 4.69) is 10.2 Å². The van der Waals surface area contributed by atoms with Crippen LogP contribution in [-0.4, -0.2) is 61.4 Å². The van der Waals surface area contributed by atoms with Crippen LogP contribution in [0.1, 0.15) is 63.5 Å². The van der Waals surface area contributed by atoms with E-state index in [-0.39, 0.29) is 30.0 Å². The average molecular weight is 671 g/mol. The Morgan fingerprint density at radius 1 is 1.11 bits per heavy atom. The molecule has 0 radical (unpaired) electrons. The number of Topliss-reactive ketones (excluding diaryl/α,β-unsaturated/α-hetero) is 1. The fourth-order valence-corrected chi connectivity index (χ4v) is 6.58. The van der Waals surface area contributed by atoms with E-state index in [4.69, 9.17) is 47.1 Å². The van der Waals surface area contributed by atoms with E-state index < -0.39 is 11.7 Å². The van der Waals surface area contributed by atoms with Gasteiger partial charge in [0.15, 0.2) is 5.78 Å². The molecular formula is C35H41Cl2N3O6. The summed E-state index contributed by atoms with van der Waals surface area (Å²) in [6.45, 7) is 11.1. The largest absolute Gasteiger partial charge is 0.497 e. The number of alkyl carbamates (subject to hydrolysis) is 1. The minimum absolute atomic E-state index is 0.159. The van der Waals surface area contributed by atoms with Gasteiger partial charge in [-0.2, -0.15) is 0 Å². The van der Waals surface area contributed by atoms with Crippen molar-refractivity contribution in [2.75, 3.05) is 31.7 Å². The van der Waals surface area contributed by atoms with Crippen LogP contribution in [0.25, 0.3) is 11.3 Å². The summed E-state index contributed by atoms with van der Waals surface area (Å²) < 4.78 is 23.3. The molecule has 1 N–H and O–H groups in total. The molecule has 5 rings (SSSR count). The van der Waals surface area contributed by atoms with Gasteiger partial charge >= 0.3 is 6.09 Å². The first-order chi connectivity index (χ1) is 21.8. The van der Waals surface area contributed by atoms with Crippen LogP contribution in [-0.2, 0) is 16.1 Å². The number of nitrogens with zero attached hydrogens (tertiary/aromatic N) is 2. The third-order valence-electron chi connectivity index (χ3n) is 8.60. The second kappa shape index (κ2) is 13.7. The zero-order valence-corrected chi connectivity index (χ0v) is 28.6. The van der Waals surface area contributed by atoms with Crippen LogP contribution in [0, 0.1) is 5.41 Å². The van der Waals surface area contributed by atoms with Crippen molar-refractivity contribution in [3.8, 4) is 22.8 Å². The number of anilines is 1. The van der Waals surface area contributed by atoms with E-state index in [1.54, 1.807) is 19.2 Å². The number of benzene rings is 2. The second-order valence-corrected chi connectivity index (χ2v) is 13.8. The number of amides is 1. The Kier molecular flexibility index (Phi) is 10.1. The first-order valence-electron chi connectivity index (χ1n) is 15.4. The Labute approximate surface area is 280 Å². The lowest BCUT2D eigenvalue weighted by molar-refractivity contribution is 0.0434. The van der Waals surface area contributed by atoms with E-state index >= 15 is 0 Å². The maximum atomic E-state index is 13.1. The van der Waals surface area contributed by atoms with E-state index in [0.29, 0.717) is 58.1 Å². The molecule has 2 atom stereocenters. The maximum absolute atomic E-state index is 13.1. The Morgan fingerprint density at radius 2 is 1.80 bits per heavy atom. The van der Waals surface area contributed by atoms with Gasteiger partial charge in [-0.1, -0.05) is 47.5 Å². The van der Waals surface area contributed by atoms with Crippen molar-refractivity contribution in [3.63, 3.8) is 0 Å². The molecule has 3 aromatic rings. The minimum Gasteiger partial charge on any atom is -0.497 e. The summed E-state index contributed by atoms with van der Waals surface area (Å²) in [5.74, 6) is 1.04. The molecule has 0 aliphatic carbocycles. The molecule has 1 amide bonds. The third kappa shape index (κ3) is 7.37. The molecule has 1 spiro atoms. The lowest BCUT2D eigenvalue weighted by Crippen LogP contribution is -2.55. The monoisotopic (exact) mass is 669 g/mol. The van der Waals surface area contributed by atoms with Crippen LogP contribution in [0.15, 0.2) is 48.5 Å². The van der Waals surface area contributed by atoms with Crippen molar-refractivity contribution in [1.82, 2.24) is 10.3 Å². The number of ketones is 1. The van der Waals surface area contributed by atoms with Gasteiger partial charge in [-0.15, -0.1) is 0 Å². The number of piperidine rings is 1. The van der Waals surface area contributed by atoms with E-state index in [0.717, 1.165) is 24.2 Å². The number of aromatic nitrogens is 1. The highest BCUT2D eigenvalue weighted by Gasteiger charge is 2.50. The van der Waals surface area contributed by atoms with Crippen molar-refractivity contribution in [3.05, 3.63) is 69.8 Å². The normalized spacial score (nSPS) is 19.2. The predicted octanol–water partition coefficient (Wildman–Crippen LogP) is 7.74. The first-order valence-corrected chi connectivity index (χ1v) is 16.2. The van der Waals surface area contributed by atoms with Crippen molar-refractivity contribution in [2.24, 2.45) is 5.41 Å². The third-order valence-corrected chi connectivity index (χ3v) is 9.41. The molecular weight excluding hydrogens is 629 g/mol. The molecule has 0 unspecified atom stereocenters. The Morgan fingerprint density at radius 3 is 2.43 bits per heavy atom. The number of carbonyl (C=O) groups is 2. The van der Waals surface area contributed by atoms with Gasteiger partial charge in [0.2, 0.25) is 0 Å². The second-order valence-electron chi connectivity index (χ2n) is 13.0. The number of halogens is 2. The Hall–Kier alpha value is -3.53. The summed E-state index contributed by atoms with van der Waals surface area (Å²) >= 11 is 13.0. The fraction of sp³-hybridized carbons (Fsp3) is 0.457. The lowest BCUT2D eigenvalue weighted by Gasteiger charge is -2.43. The highest BCUT2D eigenvalue weighted by molar-refractivity contribution is 6.43. The zero-order valence-electron chi connectivity index (χ0n) is 27.1. The van der Waals surface area contributed by atoms with Gasteiger partial charge in [-0.05, 0) is 64.3 Å². The predicted molar refractivity (Wildman–Crippen MR) is 179 cm³/mol. The molecule has 246 valence electrons. The molecule has 2 aliphatic heterocycles. The Bertz CT molecular complexity index is 1580. The van der Waals surface area contributed by atoms with Gasteiger partial charge in [0.25, 0.3) is 0 Å². The van der Waals surface area contributed by atoms with Gasteiger partial charge in [-0.3, -0.25) is 4.79 Å². The quantitative estimate of drug-likeness (QED) is 0.243. The summed E-state index contributed by atoms with van der Waals surface area (Å²) in [6, 6.07) is 14.6. The number of hydrogen-bond donors (Lipinski definition) is 1. The first kappa shape index (κ1) is 33.8. The fourth-order valence-electron chi connectivity index (χ4n) is 6.19. The molecule has 3 heterocycles.